The van der Waals surface area contributed by atoms with Crippen LogP contribution in [0, 0.1) is 0 Å². The summed E-state index contributed by atoms with van der Waals surface area (Å²) in [6.45, 7) is 0. The molecule has 0 aromatic heterocycles. The van der Waals surface area contributed by atoms with Crippen molar-refractivity contribution in [1.82, 2.24) is 0 Å². The van der Waals surface area contributed by atoms with Crippen LogP contribution in [0.3, 0.4) is 0 Å². The molecule has 2 N–H and O–H groups in total. The Morgan fingerprint density at radius 1 is 1.11 bits per heavy atom. The second-order valence-electron chi connectivity index (χ2n) is 3.75. The van der Waals surface area contributed by atoms with Gasteiger partial charge in [0.1, 0.15) is 17.2 Å². The van der Waals surface area contributed by atoms with E-state index in [9.17, 15) is 19.8 Å². The number of esters is 1. The minimum atomic E-state index is -0.686. The maximum Gasteiger partial charge on any atom is 0.343 e. The van der Waals surface area contributed by atoms with Crippen LogP contribution in [0.25, 0.3) is 0 Å². The lowest BCUT2D eigenvalue weighted by atomic mass is 10.2. The van der Waals surface area contributed by atoms with Crippen LogP contribution in [-0.4, -0.2) is 22.5 Å². The van der Waals surface area contributed by atoms with Crippen molar-refractivity contribution in [3.63, 3.8) is 0 Å². The first kappa shape index (κ1) is 12.6. The number of hydrogen-bond donors (Lipinski definition) is 2. The van der Waals surface area contributed by atoms with Crippen molar-refractivity contribution in [1.29, 1.82) is 0 Å². The highest BCUT2D eigenvalue weighted by atomic mass is 16.5. The second-order valence-corrected chi connectivity index (χ2v) is 3.75. The third kappa shape index (κ3) is 2.71. The van der Waals surface area contributed by atoms with E-state index in [4.69, 9.17) is 4.74 Å². The van der Waals surface area contributed by atoms with E-state index in [2.05, 4.69) is 0 Å². The lowest BCUT2D eigenvalue weighted by Crippen LogP contribution is -2.09. The number of phenolic OH excluding ortho intramolecular Hbond substituents is 2. The summed E-state index contributed by atoms with van der Waals surface area (Å²) in [4.78, 5) is 22.6. The average molecular weight is 260 g/mol. The number of aromatic hydroxyl groups is 2. The predicted molar refractivity (Wildman–Crippen MR) is 66.6 cm³/mol. The van der Waals surface area contributed by atoms with Gasteiger partial charge in [-0.2, -0.15) is 0 Å². The Labute approximate surface area is 108 Å². The molecule has 0 atom stereocenters. The largest absolute Gasteiger partial charge is 0.508 e. The molecule has 0 fully saturated rings. The monoisotopic (exact) mass is 260 g/mol. The molecule has 5 heteroatoms. The predicted octanol–water partition coefficient (Wildman–Crippen LogP) is 2.13. The van der Waals surface area contributed by atoms with E-state index in [0.717, 1.165) is 12.1 Å². The minimum absolute atomic E-state index is 0.193. The minimum Gasteiger partial charge on any atom is -0.508 e. The van der Waals surface area contributed by atoms with Crippen molar-refractivity contribution in [2.45, 2.75) is 0 Å². The number of carbonyl (C=O) groups is 2. The summed E-state index contributed by atoms with van der Waals surface area (Å²) in [7, 11) is 0. The van der Waals surface area contributed by atoms with E-state index in [1.54, 1.807) is 30.3 Å². The maximum absolute atomic E-state index is 11.8. The molecule has 2 rings (SSSR count). The fourth-order valence-electron chi connectivity index (χ4n) is 1.53. The Morgan fingerprint density at radius 3 is 2.42 bits per heavy atom. The molecule has 0 aliphatic carbocycles. The molecule has 19 heavy (non-hydrogen) atoms. The summed E-state index contributed by atoms with van der Waals surface area (Å²) in [6, 6.07) is 10.2. The van der Waals surface area contributed by atoms with Gasteiger partial charge in [0.25, 0.3) is 0 Å². The number of aldehydes is 1. The summed E-state index contributed by atoms with van der Waals surface area (Å²) in [5.41, 5.74) is 0.101. The van der Waals surface area contributed by atoms with E-state index in [-0.39, 0.29) is 17.1 Å². The highest BCUT2D eigenvalue weighted by Crippen LogP contribution is 2.31. The molecule has 0 radical (unpaired) electrons. The first-order valence-corrected chi connectivity index (χ1v) is 5.40. The number of carbonyl (C=O) groups excluding carboxylic acids is 2. The Bertz CT molecular complexity index is 619. The molecule has 0 bridgehead atoms. The maximum atomic E-state index is 11.8. The normalized spacial score (nSPS) is 9.89. The van der Waals surface area contributed by atoms with E-state index in [1.807, 2.05) is 0 Å². The summed E-state index contributed by atoms with van der Waals surface area (Å²) in [5, 5.41) is 18.8. The lowest BCUT2D eigenvalue weighted by molar-refractivity contribution is 0.0733. The van der Waals surface area contributed by atoms with Crippen LogP contribution < -0.4 is 4.74 Å². The molecule has 96 valence electrons. The average Bonchev–Trinajstić information content (AvgIpc) is 2.39. The summed E-state index contributed by atoms with van der Waals surface area (Å²) in [5.74, 6) is -1.64. The summed E-state index contributed by atoms with van der Waals surface area (Å²) >= 11 is 0. The van der Waals surface area contributed by atoms with Gasteiger partial charge < -0.3 is 14.9 Å². The number of rotatable bonds is 3. The zero-order valence-corrected chi connectivity index (χ0v) is 9.74. The first-order valence-electron chi connectivity index (χ1n) is 5.40. The second kappa shape index (κ2) is 5.22. The molecule has 2 aromatic rings. The summed E-state index contributed by atoms with van der Waals surface area (Å²) in [6.07, 6.45) is 0.350. The smallest absolute Gasteiger partial charge is 0.343 e. The Balaban J connectivity index is 2.34. The molecule has 0 heterocycles. The molecular formula is C14H10O5. The first-order chi connectivity index (χ1) is 9.11. The van der Waals surface area contributed by atoms with Crippen molar-refractivity contribution in [2.75, 3.05) is 0 Å². The Kier molecular flexibility index (Phi) is 3.47. The SMILES string of the molecule is O=[14CH]c1c(O)cc(O)cc1OC(=O)c1ccccc1. The standard InChI is InChI=1S/C14H10O5/c15-8-11-12(17)6-10(16)7-13(11)19-14(18)9-4-2-1-3-5-9/h1-8,16-17H/i8+2. The van der Waals surface area contributed by atoms with Crippen LogP contribution in [0.1, 0.15) is 20.7 Å². The Hall–Kier alpha value is -2.82. The molecule has 0 saturated carbocycles. The van der Waals surface area contributed by atoms with Gasteiger partial charge in [-0.3, -0.25) is 4.79 Å². The van der Waals surface area contributed by atoms with Gasteiger partial charge in [-0.05, 0) is 12.1 Å². The van der Waals surface area contributed by atoms with Crippen LogP contribution in [0.4, 0.5) is 0 Å². The van der Waals surface area contributed by atoms with Crippen molar-refractivity contribution in [2.24, 2.45) is 0 Å². The molecule has 0 amide bonds. The number of benzene rings is 2. The van der Waals surface area contributed by atoms with E-state index >= 15 is 0 Å². The van der Waals surface area contributed by atoms with Crippen LogP contribution in [0.2, 0.25) is 0 Å². The topological polar surface area (TPSA) is 83.8 Å². The van der Waals surface area contributed by atoms with Gasteiger partial charge in [-0.25, -0.2) is 4.79 Å². The lowest BCUT2D eigenvalue weighted by Gasteiger charge is -2.08. The van der Waals surface area contributed by atoms with Crippen molar-refractivity contribution in [3.05, 3.63) is 53.6 Å². The van der Waals surface area contributed by atoms with E-state index in [1.165, 1.54) is 0 Å². The molecule has 0 saturated heterocycles. The number of ether oxygens (including phenoxy) is 1. The third-order valence-electron chi connectivity index (χ3n) is 2.43. The molecule has 0 aliphatic heterocycles. The third-order valence-corrected chi connectivity index (χ3v) is 2.43. The van der Waals surface area contributed by atoms with Crippen molar-refractivity contribution < 1.29 is 24.5 Å². The molecule has 5 nitrogen and oxygen atoms in total. The van der Waals surface area contributed by atoms with Crippen LogP contribution in [0.5, 0.6) is 17.2 Å². The molecule has 0 spiro atoms. The fraction of sp³-hybridized carbons (Fsp3) is 0. The van der Waals surface area contributed by atoms with Gasteiger partial charge in [0.05, 0.1) is 11.1 Å². The fourth-order valence-corrected chi connectivity index (χ4v) is 1.53. The molecule has 0 unspecified atom stereocenters. The highest BCUT2D eigenvalue weighted by Gasteiger charge is 2.15. The number of hydrogen-bond acceptors (Lipinski definition) is 5. The van der Waals surface area contributed by atoms with E-state index < -0.39 is 11.7 Å². The van der Waals surface area contributed by atoms with Gasteiger partial charge in [0.15, 0.2) is 6.29 Å². The molecule has 0 aliphatic rings. The van der Waals surface area contributed by atoms with Gasteiger partial charge in [-0.1, -0.05) is 18.2 Å². The highest BCUT2D eigenvalue weighted by molar-refractivity contribution is 5.93. The van der Waals surface area contributed by atoms with Crippen LogP contribution >= 0.6 is 0 Å². The van der Waals surface area contributed by atoms with Crippen LogP contribution in [0.15, 0.2) is 42.5 Å². The van der Waals surface area contributed by atoms with Crippen LogP contribution in [-0.2, 0) is 0 Å². The van der Waals surface area contributed by atoms with Gasteiger partial charge in [-0.15, -0.1) is 0 Å². The van der Waals surface area contributed by atoms with E-state index in [0.29, 0.717) is 11.8 Å². The van der Waals surface area contributed by atoms with Gasteiger partial charge >= 0.3 is 5.97 Å². The Morgan fingerprint density at radius 2 is 1.79 bits per heavy atom. The zero-order valence-electron chi connectivity index (χ0n) is 9.74. The zero-order chi connectivity index (χ0) is 13.8. The van der Waals surface area contributed by atoms with Crippen molar-refractivity contribution >= 4 is 12.3 Å². The molecule has 2 aromatic carbocycles. The molecular weight excluding hydrogens is 250 g/mol. The quantitative estimate of drug-likeness (QED) is 0.501. The summed E-state index contributed by atoms with van der Waals surface area (Å²) < 4.78 is 4.99. The number of phenols is 2. The van der Waals surface area contributed by atoms with Crippen molar-refractivity contribution in [3.8, 4) is 17.2 Å². The van der Waals surface area contributed by atoms with Gasteiger partial charge in [0.2, 0.25) is 0 Å². The van der Waals surface area contributed by atoms with Gasteiger partial charge in [0, 0.05) is 12.1 Å².